The molecule has 1 aliphatic rings. The fourth-order valence-corrected chi connectivity index (χ4v) is 4.42. The first-order chi connectivity index (χ1) is 13.2. The van der Waals surface area contributed by atoms with Gasteiger partial charge >= 0.3 is 0 Å². The van der Waals surface area contributed by atoms with E-state index in [0.717, 1.165) is 42.9 Å². The highest BCUT2D eigenvalue weighted by Gasteiger charge is 2.24. The topological polar surface area (TPSA) is 54.5 Å². The van der Waals surface area contributed by atoms with Crippen molar-refractivity contribution in [2.24, 2.45) is 0 Å². The predicted octanol–water partition coefficient (Wildman–Crippen LogP) is 3.41. The second-order valence-corrected chi connectivity index (χ2v) is 7.70. The van der Waals surface area contributed by atoms with Crippen LogP contribution in [0.1, 0.15) is 27.0 Å². The molecule has 0 radical (unpaired) electrons. The Morgan fingerprint density at radius 3 is 2.85 bits per heavy atom. The van der Waals surface area contributed by atoms with Crippen molar-refractivity contribution in [3.63, 3.8) is 0 Å². The third kappa shape index (κ3) is 4.03. The predicted molar refractivity (Wildman–Crippen MR) is 108 cm³/mol. The van der Waals surface area contributed by atoms with Crippen molar-refractivity contribution < 1.29 is 9.53 Å². The average molecular weight is 382 g/mol. The Labute approximate surface area is 163 Å². The number of nitrogens with one attached hydrogen (secondary N) is 1. The van der Waals surface area contributed by atoms with E-state index in [1.807, 2.05) is 37.3 Å². The highest BCUT2D eigenvalue weighted by atomic mass is 32.1. The van der Waals surface area contributed by atoms with Gasteiger partial charge in [-0.2, -0.15) is 0 Å². The number of ether oxygens (including phenoxy) is 1. The van der Waals surface area contributed by atoms with Crippen molar-refractivity contribution in [2.45, 2.75) is 13.0 Å². The number of para-hydroxylation sites is 1. The number of benzene rings is 1. The van der Waals surface area contributed by atoms with Crippen LogP contribution in [0.15, 0.2) is 47.8 Å². The zero-order valence-corrected chi connectivity index (χ0v) is 16.2. The number of carbonyl (C=O) groups excluding carboxylic acids is 1. The summed E-state index contributed by atoms with van der Waals surface area (Å²) in [6.07, 6.45) is 0. The first-order valence-corrected chi connectivity index (χ1v) is 10.1. The molecule has 1 amide bonds. The van der Waals surface area contributed by atoms with Crippen molar-refractivity contribution in [3.8, 4) is 0 Å². The number of hydrogen-bond donors (Lipinski definition) is 1. The third-order valence-electron chi connectivity index (χ3n) is 4.90. The largest absolute Gasteiger partial charge is 0.379 e. The molecular formula is C21H23N3O2S. The van der Waals surface area contributed by atoms with Gasteiger partial charge in [0.15, 0.2) is 0 Å². The van der Waals surface area contributed by atoms with Crippen molar-refractivity contribution in [3.05, 3.63) is 64.0 Å². The first-order valence-electron chi connectivity index (χ1n) is 9.22. The normalized spacial score (nSPS) is 16.3. The number of amides is 1. The lowest BCUT2D eigenvalue weighted by Crippen LogP contribution is -2.43. The number of pyridine rings is 1. The van der Waals surface area contributed by atoms with E-state index in [0.29, 0.717) is 12.1 Å². The molecule has 0 aliphatic carbocycles. The van der Waals surface area contributed by atoms with Gasteiger partial charge in [0.05, 0.1) is 30.3 Å². The standard InChI is InChI=1S/C21H23N3O2S/c1-15-13-17(16-5-2-3-6-18(16)23-15)21(25)22-14-19(20-7-4-12-27-20)24-8-10-26-11-9-24/h2-7,12-13,19H,8-11,14H2,1H3,(H,22,25). The summed E-state index contributed by atoms with van der Waals surface area (Å²) in [5.41, 5.74) is 2.39. The zero-order valence-electron chi connectivity index (χ0n) is 15.4. The molecule has 0 saturated carbocycles. The summed E-state index contributed by atoms with van der Waals surface area (Å²) in [4.78, 5) is 21.2. The van der Waals surface area contributed by atoms with Crippen LogP contribution in [-0.4, -0.2) is 48.6 Å². The van der Waals surface area contributed by atoms with Gasteiger partial charge in [-0.25, -0.2) is 0 Å². The summed E-state index contributed by atoms with van der Waals surface area (Å²) >= 11 is 1.73. The maximum Gasteiger partial charge on any atom is 0.252 e. The van der Waals surface area contributed by atoms with E-state index in [2.05, 4.69) is 32.7 Å². The van der Waals surface area contributed by atoms with Crippen LogP contribution < -0.4 is 5.32 Å². The van der Waals surface area contributed by atoms with Gasteiger partial charge in [0, 0.05) is 35.6 Å². The minimum absolute atomic E-state index is 0.0495. The number of carbonyl (C=O) groups is 1. The van der Waals surface area contributed by atoms with Gasteiger partial charge in [-0.3, -0.25) is 14.7 Å². The summed E-state index contributed by atoms with van der Waals surface area (Å²) in [5, 5.41) is 6.14. The summed E-state index contributed by atoms with van der Waals surface area (Å²) in [6.45, 7) is 5.75. The number of thiophene rings is 1. The van der Waals surface area contributed by atoms with Gasteiger partial charge in [-0.05, 0) is 30.5 Å². The molecule has 1 saturated heterocycles. The Bertz CT molecular complexity index is 920. The van der Waals surface area contributed by atoms with E-state index in [-0.39, 0.29) is 11.9 Å². The minimum atomic E-state index is -0.0495. The van der Waals surface area contributed by atoms with E-state index in [1.54, 1.807) is 11.3 Å². The van der Waals surface area contributed by atoms with Crippen LogP contribution in [0.25, 0.3) is 10.9 Å². The number of aryl methyl sites for hydroxylation is 1. The number of hydrogen-bond acceptors (Lipinski definition) is 5. The van der Waals surface area contributed by atoms with Gasteiger partial charge in [0.25, 0.3) is 5.91 Å². The summed E-state index contributed by atoms with van der Waals surface area (Å²) in [5.74, 6) is -0.0495. The van der Waals surface area contributed by atoms with E-state index in [9.17, 15) is 4.79 Å². The second kappa shape index (κ2) is 8.17. The van der Waals surface area contributed by atoms with Crippen molar-refractivity contribution in [1.29, 1.82) is 0 Å². The number of fused-ring (bicyclic) bond motifs is 1. The number of nitrogens with zero attached hydrogens (tertiary/aromatic N) is 2. The molecule has 0 spiro atoms. The van der Waals surface area contributed by atoms with E-state index < -0.39 is 0 Å². The molecule has 4 rings (SSSR count). The van der Waals surface area contributed by atoms with Crippen molar-refractivity contribution >= 4 is 28.1 Å². The van der Waals surface area contributed by atoms with Gasteiger partial charge in [-0.1, -0.05) is 24.3 Å². The molecule has 140 valence electrons. The summed E-state index contributed by atoms with van der Waals surface area (Å²) < 4.78 is 5.49. The molecule has 1 unspecified atom stereocenters. The van der Waals surface area contributed by atoms with Gasteiger partial charge in [0.2, 0.25) is 0 Å². The maximum atomic E-state index is 13.0. The van der Waals surface area contributed by atoms with Crippen molar-refractivity contribution in [2.75, 3.05) is 32.8 Å². The molecule has 3 aromatic rings. The highest BCUT2D eigenvalue weighted by Crippen LogP contribution is 2.26. The second-order valence-electron chi connectivity index (χ2n) is 6.72. The third-order valence-corrected chi connectivity index (χ3v) is 5.88. The molecule has 0 bridgehead atoms. The van der Waals surface area contributed by atoms with E-state index in [1.165, 1.54) is 4.88 Å². The van der Waals surface area contributed by atoms with Crippen LogP contribution in [-0.2, 0) is 4.74 Å². The minimum Gasteiger partial charge on any atom is -0.379 e. The van der Waals surface area contributed by atoms with Gasteiger partial charge in [-0.15, -0.1) is 11.3 Å². The van der Waals surface area contributed by atoms with Crippen LogP contribution in [0, 0.1) is 6.92 Å². The fourth-order valence-electron chi connectivity index (χ4n) is 3.56. The molecular weight excluding hydrogens is 358 g/mol. The molecule has 6 heteroatoms. The Kier molecular flexibility index (Phi) is 5.48. The molecule has 1 fully saturated rings. The molecule has 1 atom stereocenters. The Hall–Kier alpha value is -2.28. The fraction of sp³-hybridized carbons (Fsp3) is 0.333. The summed E-state index contributed by atoms with van der Waals surface area (Å²) in [6, 6.07) is 14.0. The molecule has 2 aromatic heterocycles. The quantitative estimate of drug-likeness (QED) is 0.736. The van der Waals surface area contributed by atoms with Crippen LogP contribution in [0.5, 0.6) is 0 Å². The lowest BCUT2D eigenvalue weighted by molar-refractivity contribution is 0.0169. The zero-order chi connectivity index (χ0) is 18.6. The monoisotopic (exact) mass is 381 g/mol. The molecule has 1 N–H and O–H groups in total. The average Bonchev–Trinajstić information content (AvgIpc) is 3.22. The molecule has 3 heterocycles. The SMILES string of the molecule is Cc1cc(C(=O)NCC(c2cccs2)N2CCOCC2)c2ccccc2n1. The highest BCUT2D eigenvalue weighted by molar-refractivity contribution is 7.10. The molecule has 1 aromatic carbocycles. The smallest absolute Gasteiger partial charge is 0.252 e. The number of aromatic nitrogens is 1. The van der Waals surface area contributed by atoms with Gasteiger partial charge in [0.1, 0.15) is 0 Å². The van der Waals surface area contributed by atoms with Crippen LogP contribution in [0.3, 0.4) is 0 Å². The number of morpholine rings is 1. The Balaban J connectivity index is 1.55. The van der Waals surface area contributed by atoms with Gasteiger partial charge < -0.3 is 10.1 Å². The van der Waals surface area contributed by atoms with Crippen molar-refractivity contribution in [1.82, 2.24) is 15.2 Å². The van der Waals surface area contributed by atoms with Crippen LogP contribution in [0.4, 0.5) is 0 Å². The maximum absolute atomic E-state index is 13.0. The Morgan fingerprint density at radius 2 is 2.07 bits per heavy atom. The van der Waals surface area contributed by atoms with Crippen LogP contribution in [0.2, 0.25) is 0 Å². The Morgan fingerprint density at radius 1 is 1.26 bits per heavy atom. The summed E-state index contributed by atoms with van der Waals surface area (Å²) in [7, 11) is 0. The lowest BCUT2D eigenvalue weighted by atomic mass is 10.1. The number of rotatable bonds is 5. The van der Waals surface area contributed by atoms with E-state index in [4.69, 9.17) is 4.74 Å². The molecule has 1 aliphatic heterocycles. The first kappa shape index (κ1) is 18.1. The molecule has 5 nitrogen and oxygen atoms in total. The molecule has 27 heavy (non-hydrogen) atoms. The van der Waals surface area contributed by atoms with E-state index >= 15 is 0 Å². The lowest BCUT2D eigenvalue weighted by Gasteiger charge is -2.34. The van der Waals surface area contributed by atoms with Crippen LogP contribution >= 0.6 is 11.3 Å².